The van der Waals surface area contributed by atoms with E-state index >= 15 is 0 Å². The Morgan fingerprint density at radius 3 is 1.72 bits per heavy atom. The number of benzene rings is 7. The maximum Gasteiger partial charge on any atom is 0.164 e. The monoisotopic (exact) mass is 617 g/mol. The minimum absolute atomic E-state index is 0.647. The van der Waals surface area contributed by atoms with Gasteiger partial charge in [-0.3, -0.25) is 0 Å². The van der Waals surface area contributed by atoms with Crippen molar-refractivity contribution in [2.45, 2.75) is 0 Å². The Balaban J connectivity index is 1.20. The van der Waals surface area contributed by atoms with E-state index in [4.69, 9.17) is 15.0 Å². The van der Waals surface area contributed by atoms with Crippen LogP contribution in [-0.4, -0.2) is 15.0 Å². The maximum atomic E-state index is 5.09. The number of hydrogen-bond donors (Lipinski definition) is 0. The minimum atomic E-state index is 0.647. The molecule has 2 heterocycles. The summed E-state index contributed by atoms with van der Waals surface area (Å²) < 4.78 is 2.58. The number of rotatable bonds is 5. The van der Waals surface area contributed by atoms with Crippen LogP contribution in [0.1, 0.15) is 0 Å². The maximum absolute atomic E-state index is 5.09. The Morgan fingerprint density at radius 2 is 0.894 bits per heavy atom. The average molecular weight is 618 g/mol. The van der Waals surface area contributed by atoms with Gasteiger partial charge in [-0.2, -0.15) is 0 Å². The van der Waals surface area contributed by atoms with E-state index in [1.807, 2.05) is 17.4 Å². The van der Waals surface area contributed by atoms with Gasteiger partial charge in [0.25, 0.3) is 0 Å². The van der Waals surface area contributed by atoms with E-state index in [9.17, 15) is 0 Å². The van der Waals surface area contributed by atoms with Crippen LogP contribution in [0.3, 0.4) is 0 Å². The largest absolute Gasteiger partial charge is 0.208 e. The van der Waals surface area contributed by atoms with Crippen molar-refractivity contribution in [1.82, 2.24) is 15.0 Å². The number of nitrogens with zero attached hydrogens (tertiary/aromatic N) is 3. The van der Waals surface area contributed by atoms with Crippen LogP contribution in [-0.2, 0) is 0 Å². The molecule has 0 amide bonds. The first kappa shape index (κ1) is 27.3. The number of thiophene rings is 1. The first-order chi connectivity index (χ1) is 23.3. The van der Waals surface area contributed by atoms with Gasteiger partial charge in [0, 0.05) is 36.9 Å². The van der Waals surface area contributed by atoms with Crippen LogP contribution in [0.5, 0.6) is 0 Å². The molecule has 9 aromatic rings. The average Bonchev–Trinajstić information content (AvgIpc) is 3.54. The summed E-state index contributed by atoms with van der Waals surface area (Å²) in [5, 5.41) is 4.91. The summed E-state index contributed by atoms with van der Waals surface area (Å²) in [6.45, 7) is 0. The SMILES string of the molecule is c1ccc(-c2ccc(-c3nc(-c4cccc(-c5cccc6sc7ccccc7c56)c4)nc(-c4ccc5ccccc5c4)n3)cc2)cc1. The summed E-state index contributed by atoms with van der Waals surface area (Å²) in [6.07, 6.45) is 0. The molecule has 7 aromatic carbocycles. The summed E-state index contributed by atoms with van der Waals surface area (Å²) in [7, 11) is 0. The van der Waals surface area contributed by atoms with Gasteiger partial charge in [-0.25, -0.2) is 15.0 Å². The van der Waals surface area contributed by atoms with Crippen molar-refractivity contribution in [3.8, 4) is 56.4 Å². The van der Waals surface area contributed by atoms with Gasteiger partial charge in [-0.05, 0) is 57.3 Å². The Morgan fingerprint density at radius 1 is 0.340 bits per heavy atom. The molecule has 0 unspecified atom stereocenters. The summed E-state index contributed by atoms with van der Waals surface area (Å²) in [5.74, 6) is 1.95. The molecule has 0 radical (unpaired) electrons. The zero-order valence-corrected chi connectivity index (χ0v) is 26.2. The van der Waals surface area contributed by atoms with Gasteiger partial charge in [0.05, 0.1) is 0 Å². The van der Waals surface area contributed by atoms with Gasteiger partial charge in [0.1, 0.15) is 0 Å². The van der Waals surface area contributed by atoms with Gasteiger partial charge >= 0.3 is 0 Å². The molecule has 0 atom stereocenters. The van der Waals surface area contributed by atoms with Crippen LogP contribution in [0.25, 0.3) is 87.4 Å². The molecule has 2 aromatic heterocycles. The highest BCUT2D eigenvalue weighted by Crippen LogP contribution is 2.40. The number of hydrogen-bond acceptors (Lipinski definition) is 4. The third-order valence-electron chi connectivity index (χ3n) is 8.73. The van der Waals surface area contributed by atoms with Crippen molar-refractivity contribution in [2.24, 2.45) is 0 Å². The topological polar surface area (TPSA) is 38.7 Å². The fourth-order valence-electron chi connectivity index (χ4n) is 6.38. The lowest BCUT2D eigenvalue weighted by Crippen LogP contribution is -2.00. The van der Waals surface area contributed by atoms with Gasteiger partial charge in [-0.1, -0.05) is 140 Å². The van der Waals surface area contributed by atoms with Crippen LogP contribution >= 0.6 is 11.3 Å². The summed E-state index contributed by atoms with van der Waals surface area (Å²) >= 11 is 1.84. The molecule has 220 valence electrons. The van der Waals surface area contributed by atoms with E-state index in [0.29, 0.717) is 17.5 Å². The Hall–Kier alpha value is -5.97. The second kappa shape index (κ2) is 11.4. The molecule has 9 rings (SSSR count). The van der Waals surface area contributed by atoms with Crippen molar-refractivity contribution < 1.29 is 0 Å². The first-order valence-corrected chi connectivity index (χ1v) is 16.5. The fraction of sp³-hybridized carbons (Fsp3) is 0. The lowest BCUT2D eigenvalue weighted by Gasteiger charge is -2.11. The first-order valence-electron chi connectivity index (χ1n) is 15.7. The molecule has 0 aliphatic carbocycles. The number of aromatic nitrogens is 3. The second-order valence-corrected chi connectivity index (χ2v) is 12.8. The van der Waals surface area contributed by atoms with E-state index in [1.165, 1.54) is 36.7 Å². The highest BCUT2D eigenvalue weighted by molar-refractivity contribution is 7.25. The molecule has 4 heteroatoms. The smallest absolute Gasteiger partial charge is 0.164 e. The molecule has 0 bridgehead atoms. The van der Waals surface area contributed by atoms with Crippen molar-refractivity contribution in [3.63, 3.8) is 0 Å². The summed E-state index contributed by atoms with van der Waals surface area (Å²) in [6, 6.07) is 57.5. The highest BCUT2D eigenvalue weighted by Gasteiger charge is 2.15. The molecular formula is C43H27N3S. The molecule has 0 N–H and O–H groups in total. The van der Waals surface area contributed by atoms with Gasteiger partial charge < -0.3 is 0 Å². The lowest BCUT2D eigenvalue weighted by atomic mass is 9.98. The fourth-order valence-corrected chi connectivity index (χ4v) is 7.51. The molecule has 47 heavy (non-hydrogen) atoms. The lowest BCUT2D eigenvalue weighted by molar-refractivity contribution is 1.07. The predicted molar refractivity (Wildman–Crippen MR) is 197 cm³/mol. The van der Waals surface area contributed by atoms with E-state index < -0.39 is 0 Å². The highest BCUT2D eigenvalue weighted by atomic mass is 32.1. The van der Waals surface area contributed by atoms with Crippen molar-refractivity contribution in [2.75, 3.05) is 0 Å². The van der Waals surface area contributed by atoms with Gasteiger partial charge in [0.15, 0.2) is 17.5 Å². The van der Waals surface area contributed by atoms with E-state index in [1.54, 1.807) is 0 Å². The standard InChI is InChI=1S/C43H27N3S/c1-2-10-28(11-3-1)30-20-23-31(24-21-30)41-44-42(46-43(45-41)35-25-22-29-12-4-5-13-32(29)26-35)34-15-8-14-33(27-34)36-17-9-19-39-40(36)37-16-6-7-18-38(37)47-39/h1-27H. The number of fused-ring (bicyclic) bond motifs is 4. The molecular weight excluding hydrogens is 591 g/mol. The zero-order chi connectivity index (χ0) is 31.2. The molecule has 3 nitrogen and oxygen atoms in total. The molecule has 0 saturated carbocycles. The van der Waals surface area contributed by atoms with Gasteiger partial charge in [-0.15, -0.1) is 11.3 Å². The Kier molecular flexibility index (Phi) is 6.65. The molecule has 0 aliphatic heterocycles. The van der Waals surface area contributed by atoms with Crippen molar-refractivity contribution in [3.05, 3.63) is 164 Å². The van der Waals surface area contributed by atoms with Crippen LogP contribution in [0.2, 0.25) is 0 Å². The summed E-state index contributed by atoms with van der Waals surface area (Å²) in [4.78, 5) is 15.2. The molecule has 0 aliphatic rings. The van der Waals surface area contributed by atoms with Crippen LogP contribution in [0, 0.1) is 0 Å². The Labute approximate surface area is 276 Å². The van der Waals surface area contributed by atoms with E-state index in [0.717, 1.165) is 33.2 Å². The molecule has 0 fully saturated rings. The van der Waals surface area contributed by atoms with Crippen molar-refractivity contribution >= 4 is 42.3 Å². The van der Waals surface area contributed by atoms with E-state index in [-0.39, 0.29) is 0 Å². The minimum Gasteiger partial charge on any atom is -0.208 e. The predicted octanol–water partition coefficient (Wildman–Crippen LogP) is 11.7. The second-order valence-electron chi connectivity index (χ2n) is 11.7. The van der Waals surface area contributed by atoms with Crippen LogP contribution < -0.4 is 0 Å². The zero-order valence-electron chi connectivity index (χ0n) is 25.3. The summed E-state index contributed by atoms with van der Waals surface area (Å²) in [5.41, 5.74) is 7.53. The van der Waals surface area contributed by atoms with E-state index in [2.05, 4.69) is 158 Å². The van der Waals surface area contributed by atoms with Crippen LogP contribution in [0.15, 0.2) is 164 Å². The molecule has 0 spiro atoms. The Bertz CT molecular complexity index is 2570. The van der Waals surface area contributed by atoms with Crippen molar-refractivity contribution in [1.29, 1.82) is 0 Å². The quantitative estimate of drug-likeness (QED) is 0.193. The van der Waals surface area contributed by atoms with Crippen LogP contribution in [0.4, 0.5) is 0 Å². The third-order valence-corrected chi connectivity index (χ3v) is 9.86. The van der Waals surface area contributed by atoms with Gasteiger partial charge in [0.2, 0.25) is 0 Å². The molecule has 0 saturated heterocycles. The normalized spacial score (nSPS) is 11.4. The third kappa shape index (κ3) is 5.05.